The lowest BCUT2D eigenvalue weighted by Crippen LogP contribution is -2.70. The van der Waals surface area contributed by atoms with Crippen molar-refractivity contribution in [3.63, 3.8) is 0 Å². The number of carbonyl (C=O) groups excluding carboxylic acids is 6. The van der Waals surface area contributed by atoms with Crippen LogP contribution in [0.2, 0.25) is 0 Å². The third-order valence-corrected chi connectivity index (χ3v) is 10.0. The number of hydrogen-bond acceptors (Lipinski definition) is 9. The largest absolute Gasteiger partial charge is 0.467 e. The number of ether oxygens (including phenoxy) is 1. The Morgan fingerprint density at radius 3 is 1.93 bits per heavy atom. The summed E-state index contributed by atoms with van der Waals surface area (Å²) in [5, 5.41) is 16.6. The molecule has 0 spiro atoms. The molecule has 2 aromatic rings. The van der Waals surface area contributed by atoms with Gasteiger partial charge in [-0.2, -0.15) is 0 Å². The van der Waals surface area contributed by atoms with Gasteiger partial charge in [-0.05, 0) is 73.5 Å². The van der Waals surface area contributed by atoms with E-state index in [9.17, 15) is 33.9 Å². The second kappa shape index (κ2) is 24.2. The lowest BCUT2D eigenvalue weighted by atomic mass is 9.86. The summed E-state index contributed by atoms with van der Waals surface area (Å²) >= 11 is 0. The predicted octanol–water partition coefficient (Wildman–Crippen LogP) is 5.30. The van der Waals surface area contributed by atoms with Crippen molar-refractivity contribution in [3.05, 3.63) is 71.3 Å². The number of aliphatic hydroxyl groups is 1. The van der Waals surface area contributed by atoms with Gasteiger partial charge in [0.15, 0.2) is 6.04 Å². The maximum Gasteiger partial charge on any atom is 0.333 e. The van der Waals surface area contributed by atoms with Gasteiger partial charge >= 0.3 is 5.97 Å². The number of likely N-dealkylation sites (N-methyl/N-ethyl adjacent to an activating group) is 1. The van der Waals surface area contributed by atoms with Crippen LogP contribution < -0.4 is 5.32 Å². The Labute approximate surface area is 345 Å². The van der Waals surface area contributed by atoms with Crippen molar-refractivity contribution >= 4 is 35.5 Å². The first-order valence-electron chi connectivity index (χ1n) is 20.6. The van der Waals surface area contributed by atoms with E-state index < -0.39 is 54.2 Å². The van der Waals surface area contributed by atoms with Crippen molar-refractivity contribution in [1.29, 1.82) is 0 Å². The van der Waals surface area contributed by atoms with Crippen LogP contribution in [0.3, 0.4) is 0 Å². The summed E-state index contributed by atoms with van der Waals surface area (Å²) in [7, 11) is 2.35. The molecule has 2 atom stereocenters. The Balaban J connectivity index is 2.70. The van der Waals surface area contributed by atoms with E-state index in [-0.39, 0.29) is 37.0 Å². The average Bonchev–Trinajstić information content (AvgIpc) is 3.21. The van der Waals surface area contributed by atoms with Gasteiger partial charge in [0.1, 0.15) is 6.04 Å². The van der Waals surface area contributed by atoms with Crippen LogP contribution in [0.25, 0.3) is 0 Å². The Morgan fingerprint density at radius 1 is 0.793 bits per heavy atom. The molecule has 0 aliphatic rings. The van der Waals surface area contributed by atoms with E-state index in [0.717, 1.165) is 59.0 Å². The molecule has 0 heterocycles. The van der Waals surface area contributed by atoms with Gasteiger partial charge in [-0.15, -0.1) is 10.2 Å². The Bertz CT molecular complexity index is 1620. The number of aliphatic hydroxyl groups excluding tert-OH is 1. The number of nitrogens with one attached hydrogen (secondary N) is 1. The lowest BCUT2D eigenvalue weighted by Gasteiger charge is -2.46. The highest BCUT2D eigenvalue weighted by Gasteiger charge is 2.44. The van der Waals surface area contributed by atoms with Gasteiger partial charge in [-0.25, -0.2) is 14.8 Å². The summed E-state index contributed by atoms with van der Waals surface area (Å²) in [6.07, 6.45) is 1.69. The van der Waals surface area contributed by atoms with Crippen LogP contribution in [0, 0.1) is 5.92 Å². The number of hydrazine groups is 3. The molecule has 5 amide bonds. The van der Waals surface area contributed by atoms with Crippen LogP contribution in [-0.2, 0) is 40.5 Å². The Morgan fingerprint density at radius 2 is 1.41 bits per heavy atom. The number of rotatable bonds is 20. The van der Waals surface area contributed by atoms with E-state index in [1.165, 1.54) is 14.0 Å². The van der Waals surface area contributed by atoms with Crippen LogP contribution in [-0.4, -0.2) is 118 Å². The van der Waals surface area contributed by atoms with Gasteiger partial charge in [-0.3, -0.25) is 24.0 Å². The number of nitrogens with zero attached hydrogens (tertiary/aromatic N) is 5. The van der Waals surface area contributed by atoms with Crippen LogP contribution in [0.1, 0.15) is 122 Å². The number of hydrogen-bond donors (Lipinski definition) is 2. The first kappa shape index (κ1) is 49.3. The molecule has 2 aromatic carbocycles. The van der Waals surface area contributed by atoms with Gasteiger partial charge in [-0.1, -0.05) is 104 Å². The topological polar surface area (TPSA) is 160 Å². The smallest absolute Gasteiger partial charge is 0.333 e. The fourth-order valence-electron chi connectivity index (χ4n) is 6.34. The molecule has 0 aromatic heterocycles. The van der Waals surface area contributed by atoms with E-state index in [2.05, 4.69) is 44.8 Å². The number of methoxy groups -OCH3 is 1. The molecule has 0 aliphatic carbocycles. The van der Waals surface area contributed by atoms with Gasteiger partial charge in [0, 0.05) is 38.3 Å². The maximum absolute atomic E-state index is 14.8. The second-order valence-corrected chi connectivity index (χ2v) is 15.9. The minimum Gasteiger partial charge on any atom is -0.467 e. The van der Waals surface area contributed by atoms with Crippen molar-refractivity contribution in [3.8, 4) is 0 Å². The number of amides is 5. The lowest BCUT2D eigenvalue weighted by molar-refractivity contribution is -0.256. The van der Waals surface area contributed by atoms with Gasteiger partial charge in [0.2, 0.25) is 5.91 Å². The molecular weight excluding hydrogens is 741 g/mol. The van der Waals surface area contributed by atoms with Gasteiger partial charge < -0.3 is 20.1 Å². The summed E-state index contributed by atoms with van der Waals surface area (Å²) in [5.74, 6) is -4.58. The molecule has 0 saturated carbocycles. The number of benzene rings is 2. The molecule has 0 fully saturated rings. The highest BCUT2D eigenvalue weighted by atomic mass is 16.5. The Kier molecular flexibility index (Phi) is 20.6. The van der Waals surface area contributed by atoms with Crippen molar-refractivity contribution in [1.82, 2.24) is 30.5 Å². The van der Waals surface area contributed by atoms with Crippen molar-refractivity contribution < 1.29 is 38.6 Å². The van der Waals surface area contributed by atoms with E-state index in [1.807, 2.05) is 32.0 Å². The SMILES string of the molecule is CCC(=O)N(N(C)C(=O)C(Cc1ccccc1)NC(=O)c1ccc(C(C)(C)C)cc1)N(C(=O)CCC(C)C)N(C(=O)CCCCCN(CC)CC)C(CO)C(=O)OC. The molecule has 58 heavy (non-hydrogen) atoms. The first-order valence-corrected chi connectivity index (χ1v) is 20.6. The molecule has 0 bridgehead atoms. The quantitative estimate of drug-likeness (QED) is 0.103. The van der Waals surface area contributed by atoms with Crippen molar-refractivity contribution in [2.45, 2.75) is 124 Å². The maximum atomic E-state index is 14.8. The third kappa shape index (κ3) is 14.5. The molecule has 2 rings (SSSR count). The van der Waals surface area contributed by atoms with Crippen LogP contribution in [0.4, 0.5) is 0 Å². The van der Waals surface area contributed by atoms with Crippen LogP contribution in [0.5, 0.6) is 0 Å². The third-order valence-electron chi connectivity index (χ3n) is 10.0. The average molecular weight is 809 g/mol. The molecular formula is C44H68N6O8. The zero-order chi connectivity index (χ0) is 43.6. The normalized spacial score (nSPS) is 12.4. The number of esters is 1. The zero-order valence-electron chi connectivity index (χ0n) is 36.5. The summed E-state index contributed by atoms with van der Waals surface area (Å²) in [5.41, 5.74) is 1.88. The molecule has 14 heteroatoms. The van der Waals surface area contributed by atoms with Gasteiger partial charge in [0.25, 0.3) is 23.6 Å². The molecule has 2 unspecified atom stereocenters. The second-order valence-electron chi connectivity index (χ2n) is 15.9. The standard InChI is InChI=1S/C44H68N6O8/c1-11-38(52)49(46(9)42(56)36(30-33-20-16-14-17-21-33)45-41(55)34-24-26-35(27-25-34)44(6,7)8)50(40(54)28-23-32(4)5)48(37(31-51)43(57)58-10)39(53)22-18-15-19-29-47(12-2)13-3/h14,16-17,20-21,24-27,32,36-37,51H,11-13,15,18-19,22-23,28-31H2,1-10H3,(H,45,55). The summed E-state index contributed by atoms with van der Waals surface area (Å²) in [6, 6.07) is 13.1. The van der Waals surface area contributed by atoms with E-state index >= 15 is 0 Å². The molecule has 322 valence electrons. The molecule has 14 nitrogen and oxygen atoms in total. The van der Waals surface area contributed by atoms with Crippen LogP contribution in [0.15, 0.2) is 54.6 Å². The number of carbonyl (C=O) groups is 6. The molecule has 0 aliphatic heterocycles. The Hall–Kier alpha value is -4.82. The molecule has 0 saturated heterocycles. The van der Waals surface area contributed by atoms with E-state index in [0.29, 0.717) is 30.4 Å². The highest BCUT2D eigenvalue weighted by molar-refractivity contribution is 5.98. The zero-order valence-corrected chi connectivity index (χ0v) is 36.5. The summed E-state index contributed by atoms with van der Waals surface area (Å²) in [4.78, 5) is 86.9. The first-order chi connectivity index (χ1) is 27.4. The fraction of sp³-hybridized carbons (Fsp3) is 0.591. The minimum atomic E-state index is -1.73. The summed E-state index contributed by atoms with van der Waals surface area (Å²) in [6.45, 7) is 17.3. The van der Waals surface area contributed by atoms with E-state index in [1.54, 1.807) is 36.4 Å². The fourth-order valence-corrected chi connectivity index (χ4v) is 6.34. The number of unbranched alkanes of at least 4 members (excludes halogenated alkanes) is 2. The van der Waals surface area contributed by atoms with Crippen molar-refractivity contribution in [2.75, 3.05) is 40.4 Å². The summed E-state index contributed by atoms with van der Waals surface area (Å²) < 4.78 is 4.98. The highest BCUT2D eigenvalue weighted by Crippen LogP contribution is 2.24. The molecule has 2 N–H and O–H groups in total. The molecule has 0 radical (unpaired) electrons. The van der Waals surface area contributed by atoms with Gasteiger partial charge in [0.05, 0.1) is 13.7 Å². The van der Waals surface area contributed by atoms with Crippen LogP contribution >= 0.6 is 0 Å². The van der Waals surface area contributed by atoms with Crippen molar-refractivity contribution in [2.24, 2.45) is 5.92 Å². The van der Waals surface area contributed by atoms with E-state index in [4.69, 9.17) is 4.74 Å². The monoisotopic (exact) mass is 809 g/mol. The minimum absolute atomic E-state index is 0.0167. The predicted molar refractivity (Wildman–Crippen MR) is 223 cm³/mol.